The molecule has 0 saturated heterocycles. The number of thiazole rings is 1. The summed E-state index contributed by atoms with van der Waals surface area (Å²) in [5.41, 5.74) is -0.0744. The second-order valence-electron chi connectivity index (χ2n) is 3.40. The molecule has 17 heavy (non-hydrogen) atoms. The lowest BCUT2D eigenvalue weighted by Crippen LogP contribution is -2.08. The van der Waals surface area contributed by atoms with Crippen LogP contribution in [0.15, 0.2) is 30.3 Å². The van der Waals surface area contributed by atoms with Crippen LogP contribution in [0.1, 0.15) is 16.1 Å². The summed E-state index contributed by atoms with van der Waals surface area (Å²) in [6, 6.07) is 8.92. The number of hydrogen-bond acceptors (Lipinski definition) is 2. The quantitative estimate of drug-likeness (QED) is 0.792. The summed E-state index contributed by atoms with van der Waals surface area (Å²) < 4.78 is 37.9. The van der Waals surface area contributed by atoms with Crippen molar-refractivity contribution in [3.8, 4) is 0 Å². The Bertz CT molecular complexity index is 507. The molecule has 0 aliphatic heterocycles. The fraction of sp³-hybridized carbons (Fsp3) is 0.182. The van der Waals surface area contributed by atoms with Crippen molar-refractivity contribution in [1.82, 2.24) is 4.98 Å². The molecule has 0 atom stereocenters. The Morgan fingerprint density at radius 3 is 2.41 bits per heavy atom. The number of nitrogens with zero attached hydrogens (tertiary/aromatic N) is 1. The number of hydrogen-bond donors (Lipinski definition) is 0. The van der Waals surface area contributed by atoms with Crippen molar-refractivity contribution in [2.45, 2.75) is 12.6 Å². The summed E-state index contributed by atoms with van der Waals surface area (Å²) in [4.78, 5) is 3.48. The average molecular weight is 278 g/mol. The van der Waals surface area contributed by atoms with E-state index in [1.807, 2.05) is 6.07 Å². The van der Waals surface area contributed by atoms with Gasteiger partial charge in [0.25, 0.3) is 0 Å². The first-order valence-corrected chi connectivity index (χ1v) is 5.92. The molecule has 0 aliphatic carbocycles. The lowest BCUT2D eigenvalue weighted by atomic mass is 10.1. The van der Waals surface area contributed by atoms with Crippen LogP contribution in [0, 0.1) is 0 Å². The van der Waals surface area contributed by atoms with Crippen LogP contribution in [0.5, 0.6) is 0 Å². The zero-order valence-electron chi connectivity index (χ0n) is 8.46. The van der Waals surface area contributed by atoms with E-state index in [0.717, 1.165) is 16.9 Å². The van der Waals surface area contributed by atoms with Gasteiger partial charge in [0.05, 0.1) is 0 Å². The molecule has 0 unspecified atom stereocenters. The predicted molar refractivity (Wildman–Crippen MR) is 61.4 cm³/mol. The number of benzene rings is 1. The van der Waals surface area contributed by atoms with Gasteiger partial charge in [0.15, 0.2) is 10.2 Å². The first kappa shape index (κ1) is 12.4. The lowest BCUT2D eigenvalue weighted by molar-refractivity contribution is -0.141. The second-order valence-corrected chi connectivity index (χ2v) is 5.06. The molecule has 1 aromatic carbocycles. The van der Waals surface area contributed by atoms with Gasteiger partial charge in [0.1, 0.15) is 0 Å². The summed E-state index contributed by atoms with van der Waals surface area (Å²) in [5, 5.41) is 0. The molecule has 1 aromatic heterocycles. The molecule has 2 rings (SSSR count). The maximum absolute atomic E-state index is 12.6. The summed E-state index contributed by atoms with van der Waals surface area (Å²) in [6.07, 6.45) is -4.26. The van der Waals surface area contributed by atoms with Gasteiger partial charge >= 0.3 is 6.18 Å². The van der Waals surface area contributed by atoms with Crippen LogP contribution < -0.4 is 0 Å². The fourth-order valence-electron chi connectivity index (χ4n) is 1.45. The molecule has 2 aromatic rings. The van der Waals surface area contributed by atoms with E-state index in [-0.39, 0.29) is 15.8 Å². The zero-order valence-corrected chi connectivity index (χ0v) is 10.0. The zero-order chi connectivity index (χ0) is 12.5. The van der Waals surface area contributed by atoms with Gasteiger partial charge in [-0.25, -0.2) is 4.98 Å². The molecule has 0 N–H and O–H groups in total. The van der Waals surface area contributed by atoms with Crippen LogP contribution in [-0.4, -0.2) is 4.98 Å². The minimum atomic E-state index is -4.45. The van der Waals surface area contributed by atoms with E-state index in [1.54, 1.807) is 24.3 Å². The van der Waals surface area contributed by atoms with Crippen LogP contribution >= 0.6 is 22.9 Å². The van der Waals surface area contributed by atoms with Gasteiger partial charge in [-0.05, 0) is 5.56 Å². The molecule has 0 saturated carbocycles. The van der Waals surface area contributed by atoms with Crippen molar-refractivity contribution in [3.63, 3.8) is 0 Å². The molecular weight excluding hydrogens is 271 g/mol. The molecule has 1 heterocycles. The van der Waals surface area contributed by atoms with Gasteiger partial charge in [0, 0.05) is 11.3 Å². The average Bonchev–Trinajstić information content (AvgIpc) is 2.60. The third kappa shape index (κ3) is 2.98. The molecule has 6 heteroatoms. The molecule has 90 valence electrons. The number of rotatable bonds is 2. The molecule has 0 bridgehead atoms. The standard InChI is InChI=1S/C11H7ClF3NS/c12-10-16-9(11(13,14)15)8(17-10)6-7-4-2-1-3-5-7/h1-5H,6H2. The molecule has 1 nitrogen and oxygen atoms in total. The van der Waals surface area contributed by atoms with Crippen molar-refractivity contribution < 1.29 is 13.2 Å². The molecular formula is C11H7ClF3NS. The van der Waals surface area contributed by atoms with Crippen LogP contribution in [0.4, 0.5) is 13.2 Å². The third-order valence-electron chi connectivity index (χ3n) is 2.15. The van der Waals surface area contributed by atoms with Crippen molar-refractivity contribution in [2.75, 3.05) is 0 Å². The highest BCUT2D eigenvalue weighted by molar-refractivity contribution is 7.15. The molecule has 0 fully saturated rings. The smallest absolute Gasteiger partial charge is 0.220 e. The Morgan fingerprint density at radius 2 is 1.82 bits per heavy atom. The highest BCUT2D eigenvalue weighted by Gasteiger charge is 2.37. The van der Waals surface area contributed by atoms with Crippen molar-refractivity contribution >= 4 is 22.9 Å². The van der Waals surface area contributed by atoms with E-state index in [1.165, 1.54) is 0 Å². The lowest BCUT2D eigenvalue weighted by Gasteiger charge is -2.05. The van der Waals surface area contributed by atoms with E-state index in [2.05, 4.69) is 4.98 Å². The Balaban J connectivity index is 2.33. The largest absolute Gasteiger partial charge is 0.434 e. The maximum Gasteiger partial charge on any atom is 0.434 e. The first-order chi connectivity index (χ1) is 7.97. The molecule has 0 spiro atoms. The van der Waals surface area contributed by atoms with Crippen molar-refractivity contribution in [2.24, 2.45) is 0 Å². The van der Waals surface area contributed by atoms with E-state index in [9.17, 15) is 13.2 Å². The topological polar surface area (TPSA) is 12.9 Å². The monoisotopic (exact) mass is 277 g/mol. The SMILES string of the molecule is FC(F)(F)c1nc(Cl)sc1Cc1ccccc1. The van der Waals surface area contributed by atoms with Crippen LogP contribution in [0.2, 0.25) is 4.47 Å². The summed E-state index contributed by atoms with van der Waals surface area (Å²) in [7, 11) is 0. The minimum Gasteiger partial charge on any atom is -0.220 e. The third-order valence-corrected chi connectivity index (χ3v) is 3.31. The first-order valence-electron chi connectivity index (χ1n) is 4.73. The van der Waals surface area contributed by atoms with E-state index < -0.39 is 11.9 Å². The fourth-order valence-corrected chi connectivity index (χ4v) is 2.65. The maximum atomic E-state index is 12.6. The van der Waals surface area contributed by atoms with E-state index in [0.29, 0.717) is 0 Å². The van der Waals surface area contributed by atoms with Gasteiger partial charge in [-0.3, -0.25) is 0 Å². The van der Waals surface area contributed by atoms with Gasteiger partial charge < -0.3 is 0 Å². The van der Waals surface area contributed by atoms with Crippen LogP contribution in [0.3, 0.4) is 0 Å². The van der Waals surface area contributed by atoms with E-state index in [4.69, 9.17) is 11.6 Å². The van der Waals surface area contributed by atoms with Crippen LogP contribution in [0.25, 0.3) is 0 Å². The summed E-state index contributed by atoms with van der Waals surface area (Å²) in [5.74, 6) is 0. The molecule has 0 radical (unpaired) electrons. The van der Waals surface area contributed by atoms with Gasteiger partial charge in [0.2, 0.25) is 0 Å². The van der Waals surface area contributed by atoms with Gasteiger partial charge in [-0.15, -0.1) is 11.3 Å². The van der Waals surface area contributed by atoms with Gasteiger partial charge in [-0.1, -0.05) is 41.9 Å². The number of aromatic nitrogens is 1. The Hall–Kier alpha value is -1.07. The second kappa shape index (κ2) is 4.66. The summed E-state index contributed by atoms with van der Waals surface area (Å²) >= 11 is 6.42. The molecule has 0 amide bonds. The van der Waals surface area contributed by atoms with Crippen LogP contribution in [-0.2, 0) is 12.6 Å². The Labute approximate surface area is 105 Å². The normalized spacial score (nSPS) is 11.8. The highest BCUT2D eigenvalue weighted by Crippen LogP contribution is 2.36. The Kier molecular flexibility index (Phi) is 3.40. The van der Waals surface area contributed by atoms with Crippen molar-refractivity contribution in [1.29, 1.82) is 0 Å². The number of halogens is 4. The van der Waals surface area contributed by atoms with Crippen molar-refractivity contribution in [3.05, 3.63) is 50.9 Å². The predicted octanol–water partition coefficient (Wildman–Crippen LogP) is 4.41. The van der Waals surface area contributed by atoms with E-state index >= 15 is 0 Å². The van der Waals surface area contributed by atoms with Gasteiger partial charge in [-0.2, -0.15) is 13.2 Å². The minimum absolute atomic E-state index is 0.0803. The highest BCUT2D eigenvalue weighted by atomic mass is 35.5. The molecule has 0 aliphatic rings. The summed E-state index contributed by atoms with van der Waals surface area (Å²) in [6.45, 7) is 0. The Morgan fingerprint density at radius 1 is 1.18 bits per heavy atom. The number of alkyl halides is 3.